The van der Waals surface area contributed by atoms with Crippen LogP contribution in [0.3, 0.4) is 0 Å². The maximum absolute atomic E-state index is 12.3. The number of rotatable bonds is 8. The van der Waals surface area contributed by atoms with Gasteiger partial charge in [-0.2, -0.15) is 0 Å². The van der Waals surface area contributed by atoms with Crippen LogP contribution in [-0.2, 0) is 14.3 Å². The van der Waals surface area contributed by atoms with Crippen LogP contribution in [0.2, 0.25) is 0 Å². The molecule has 0 unspecified atom stereocenters. The number of ether oxygens (including phenoxy) is 3. The Balaban J connectivity index is 1.57. The molecule has 0 saturated heterocycles. The van der Waals surface area contributed by atoms with E-state index < -0.39 is 5.97 Å². The molecule has 0 aliphatic carbocycles. The molecule has 1 amide bonds. The third-order valence-corrected chi connectivity index (χ3v) is 4.85. The molecule has 0 spiro atoms. The van der Waals surface area contributed by atoms with Gasteiger partial charge in [0.25, 0.3) is 5.91 Å². The lowest BCUT2D eigenvalue weighted by Gasteiger charge is -2.16. The number of amides is 1. The summed E-state index contributed by atoms with van der Waals surface area (Å²) in [5.41, 5.74) is 1.66. The average molecular weight is 419 g/mol. The Hall–Kier alpha value is -3.80. The van der Waals surface area contributed by atoms with Crippen LogP contribution in [0.25, 0.3) is 16.8 Å². The Morgan fingerprint density at radius 2 is 1.71 bits per heavy atom. The maximum Gasteiger partial charge on any atom is 0.331 e. The van der Waals surface area contributed by atoms with Gasteiger partial charge in [0, 0.05) is 11.6 Å². The van der Waals surface area contributed by atoms with Crippen LogP contribution in [-0.4, -0.2) is 32.7 Å². The molecule has 3 aromatic rings. The van der Waals surface area contributed by atoms with Crippen LogP contribution in [0.15, 0.2) is 66.7 Å². The minimum Gasteiger partial charge on any atom is -0.493 e. The number of para-hydroxylation sites is 1. The van der Waals surface area contributed by atoms with Gasteiger partial charge in [-0.1, -0.05) is 54.6 Å². The van der Waals surface area contributed by atoms with Crippen molar-refractivity contribution in [2.24, 2.45) is 0 Å². The van der Waals surface area contributed by atoms with Crippen molar-refractivity contribution < 1.29 is 23.8 Å². The average Bonchev–Trinajstić information content (AvgIpc) is 2.80. The number of hydrogen-bond acceptors (Lipinski definition) is 5. The van der Waals surface area contributed by atoms with Gasteiger partial charge in [-0.15, -0.1) is 0 Å². The number of carbonyl (C=O) groups excluding carboxylic acids is 2. The van der Waals surface area contributed by atoms with E-state index in [-0.39, 0.29) is 18.6 Å². The first-order chi connectivity index (χ1) is 15.0. The lowest BCUT2D eigenvalue weighted by atomic mass is 10.00. The van der Waals surface area contributed by atoms with Gasteiger partial charge >= 0.3 is 5.97 Å². The Morgan fingerprint density at radius 3 is 2.48 bits per heavy atom. The molecule has 0 aliphatic rings. The summed E-state index contributed by atoms with van der Waals surface area (Å²) < 4.78 is 15.6. The zero-order chi connectivity index (χ0) is 22.2. The first-order valence-electron chi connectivity index (χ1n) is 9.86. The zero-order valence-corrected chi connectivity index (χ0v) is 17.8. The molecule has 0 aromatic heterocycles. The number of methoxy groups -OCH3 is 2. The van der Waals surface area contributed by atoms with Gasteiger partial charge in [0.1, 0.15) is 0 Å². The molecule has 3 aromatic carbocycles. The fourth-order valence-corrected chi connectivity index (χ4v) is 3.37. The minimum absolute atomic E-state index is 0.228. The molecule has 6 heteroatoms. The number of esters is 1. The van der Waals surface area contributed by atoms with Crippen molar-refractivity contribution in [2.75, 3.05) is 20.8 Å². The predicted molar refractivity (Wildman–Crippen MR) is 120 cm³/mol. The molecule has 0 heterocycles. The highest BCUT2D eigenvalue weighted by atomic mass is 16.5. The quantitative estimate of drug-likeness (QED) is 0.436. The molecular formula is C25H25NO5. The Kier molecular flexibility index (Phi) is 7.27. The van der Waals surface area contributed by atoms with Gasteiger partial charge in [0.2, 0.25) is 0 Å². The minimum atomic E-state index is -0.627. The van der Waals surface area contributed by atoms with Crippen molar-refractivity contribution in [1.29, 1.82) is 0 Å². The molecule has 31 heavy (non-hydrogen) atoms. The van der Waals surface area contributed by atoms with Crippen LogP contribution >= 0.6 is 0 Å². The highest BCUT2D eigenvalue weighted by molar-refractivity contribution is 5.90. The van der Waals surface area contributed by atoms with E-state index in [2.05, 4.69) is 5.32 Å². The van der Waals surface area contributed by atoms with Gasteiger partial charge < -0.3 is 19.5 Å². The van der Waals surface area contributed by atoms with Crippen molar-refractivity contribution in [3.8, 4) is 11.5 Å². The van der Waals surface area contributed by atoms with E-state index in [0.717, 1.165) is 16.3 Å². The van der Waals surface area contributed by atoms with Gasteiger partial charge in [-0.25, -0.2) is 4.79 Å². The van der Waals surface area contributed by atoms with Gasteiger partial charge in [0.05, 0.1) is 20.3 Å². The molecular weight excluding hydrogens is 394 g/mol. The number of carbonyl (C=O) groups is 2. The predicted octanol–water partition coefficient (Wildman–Crippen LogP) is 4.29. The van der Waals surface area contributed by atoms with Crippen LogP contribution in [0.1, 0.15) is 24.1 Å². The third-order valence-electron chi connectivity index (χ3n) is 4.85. The number of nitrogens with one attached hydrogen (secondary N) is 1. The highest BCUT2D eigenvalue weighted by Gasteiger charge is 2.13. The summed E-state index contributed by atoms with van der Waals surface area (Å²) in [5.74, 6) is 0.0644. The van der Waals surface area contributed by atoms with E-state index in [4.69, 9.17) is 14.2 Å². The topological polar surface area (TPSA) is 73.9 Å². The zero-order valence-electron chi connectivity index (χ0n) is 17.8. The summed E-state index contributed by atoms with van der Waals surface area (Å²) in [5, 5.41) is 5.05. The van der Waals surface area contributed by atoms with Gasteiger partial charge in [-0.05, 0) is 35.4 Å². The molecule has 3 rings (SSSR count). The molecule has 0 fully saturated rings. The Labute approximate surface area is 181 Å². The lowest BCUT2D eigenvalue weighted by Crippen LogP contribution is -2.31. The number of hydrogen-bond donors (Lipinski definition) is 1. The Morgan fingerprint density at radius 1 is 0.968 bits per heavy atom. The summed E-state index contributed by atoms with van der Waals surface area (Å²) in [7, 11) is 3.06. The second-order valence-corrected chi connectivity index (χ2v) is 6.88. The first-order valence-corrected chi connectivity index (χ1v) is 9.86. The standard InChI is InChI=1S/C25H25NO5/c1-17(20-12-6-9-18-8-4-5-11-21(18)20)26-23(27)16-31-24(28)15-14-19-10-7-13-22(29-2)25(19)30-3/h4-15,17H,16H2,1-3H3,(H,26,27)/b15-14+/t17-/m1/s1. The third kappa shape index (κ3) is 5.42. The van der Waals surface area contributed by atoms with Crippen LogP contribution in [0, 0.1) is 0 Å². The van der Waals surface area contributed by atoms with Crippen LogP contribution in [0.4, 0.5) is 0 Å². The first kappa shape index (κ1) is 21.9. The van der Waals surface area contributed by atoms with Crippen LogP contribution < -0.4 is 14.8 Å². The summed E-state index contributed by atoms with van der Waals surface area (Å²) in [6.07, 6.45) is 2.80. The molecule has 0 bridgehead atoms. The smallest absolute Gasteiger partial charge is 0.331 e. The van der Waals surface area contributed by atoms with E-state index in [1.165, 1.54) is 20.3 Å². The summed E-state index contributed by atoms with van der Waals surface area (Å²) in [6.45, 7) is 1.53. The van der Waals surface area contributed by atoms with E-state index in [1.54, 1.807) is 24.3 Å². The normalized spacial score (nSPS) is 11.8. The highest BCUT2D eigenvalue weighted by Crippen LogP contribution is 2.31. The van der Waals surface area contributed by atoms with Crippen molar-refractivity contribution >= 4 is 28.7 Å². The summed E-state index contributed by atoms with van der Waals surface area (Å²) in [4.78, 5) is 24.3. The fourth-order valence-electron chi connectivity index (χ4n) is 3.37. The summed E-state index contributed by atoms with van der Waals surface area (Å²) >= 11 is 0. The lowest BCUT2D eigenvalue weighted by molar-refractivity contribution is -0.144. The molecule has 0 radical (unpaired) electrons. The van der Waals surface area contributed by atoms with E-state index >= 15 is 0 Å². The van der Waals surface area contributed by atoms with Crippen LogP contribution in [0.5, 0.6) is 11.5 Å². The van der Waals surface area contributed by atoms with Crippen molar-refractivity contribution in [2.45, 2.75) is 13.0 Å². The number of fused-ring (bicyclic) bond motifs is 1. The van der Waals surface area contributed by atoms with Gasteiger partial charge in [0.15, 0.2) is 18.1 Å². The fraction of sp³-hybridized carbons (Fsp3) is 0.200. The Bertz CT molecular complexity index is 1100. The molecule has 1 atom stereocenters. The molecule has 0 saturated carbocycles. The second-order valence-electron chi connectivity index (χ2n) is 6.88. The molecule has 0 aliphatic heterocycles. The largest absolute Gasteiger partial charge is 0.493 e. The number of benzene rings is 3. The molecule has 1 N–H and O–H groups in total. The van der Waals surface area contributed by atoms with Crippen molar-refractivity contribution in [1.82, 2.24) is 5.32 Å². The van der Waals surface area contributed by atoms with E-state index in [9.17, 15) is 9.59 Å². The van der Waals surface area contributed by atoms with Crippen molar-refractivity contribution in [3.63, 3.8) is 0 Å². The molecule has 6 nitrogen and oxygen atoms in total. The summed E-state index contributed by atoms with van der Waals surface area (Å²) in [6, 6.07) is 19.0. The molecule has 160 valence electrons. The monoisotopic (exact) mass is 419 g/mol. The maximum atomic E-state index is 12.3. The van der Waals surface area contributed by atoms with E-state index in [1.807, 2.05) is 49.4 Å². The SMILES string of the molecule is COc1cccc(/C=C/C(=O)OCC(=O)N[C@H](C)c2cccc3ccccc23)c1OC. The van der Waals surface area contributed by atoms with Crippen molar-refractivity contribution in [3.05, 3.63) is 77.9 Å². The second kappa shape index (κ2) is 10.3. The van der Waals surface area contributed by atoms with Gasteiger partial charge in [-0.3, -0.25) is 4.79 Å². The van der Waals surface area contributed by atoms with E-state index in [0.29, 0.717) is 17.1 Å².